The smallest absolute Gasteiger partial charge is 0.251 e. The van der Waals surface area contributed by atoms with Crippen molar-refractivity contribution < 1.29 is 4.79 Å². The van der Waals surface area contributed by atoms with Gasteiger partial charge in [-0.3, -0.25) is 9.69 Å². The number of hydrogen-bond donors (Lipinski definition) is 1. The van der Waals surface area contributed by atoms with Crippen LogP contribution in [0.15, 0.2) is 24.3 Å². The van der Waals surface area contributed by atoms with Gasteiger partial charge in [-0.1, -0.05) is 30.5 Å². The van der Waals surface area contributed by atoms with E-state index in [1.54, 1.807) is 0 Å². The number of rotatable bonds is 3. The Morgan fingerprint density at radius 3 is 2.55 bits per heavy atom. The molecule has 1 saturated heterocycles. The molecule has 1 amide bonds. The van der Waals surface area contributed by atoms with Crippen molar-refractivity contribution in [1.29, 1.82) is 0 Å². The maximum Gasteiger partial charge on any atom is 0.251 e. The first-order valence-corrected chi connectivity index (χ1v) is 7.84. The molecule has 0 aromatic heterocycles. The quantitative estimate of drug-likeness (QED) is 0.917. The minimum Gasteiger partial charge on any atom is -0.348 e. The molecule has 1 N–H and O–H groups in total. The van der Waals surface area contributed by atoms with Gasteiger partial charge in [-0.15, -0.1) is 0 Å². The van der Waals surface area contributed by atoms with Gasteiger partial charge >= 0.3 is 0 Å². The topological polar surface area (TPSA) is 32.3 Å². The van der Waals surface area contributed by atoms with Crippen molar-refractivity contribution >= 4 is 5.91 Å². The Kier molecular flexibility index (Phi) is 4.06. The first kappa shape index (κ1) is 13.6. The van der Waals surface area contributed by atoms with Crippen LogP contribution in [0.4, 0.5) is 0 Å². The monoisotopic (exact) mass is 272 g/mol. The molecule has 1 aromatic carbocycles. The molecule has 3 rings (SSSR count). The van der Waals surface area contributed by atoms with Crippen molar-refractivity contribution in [3.8, 4) is 0 Å². The number of carbonyl (C=O) groups is 1. The molecular formula is C17H24N2O. The van der Waals surface area contributed by atoms with Gasteiger partial charge in [0, 0.05) is 30.7 Å². The average Bonchev–Trinajstić information content (AvgIpc) is 3.09. The predicted molar refractivity (Wildman–Crippen MR) is 80.9 cm³/mol. The Hall–Kier alpha value is -1.35. The molecule has 0 radical (unpaired) electrons. The van der Waals surface area contributed by atoms with E-state index in [0.717, 1.165) is 31.1 Å². The number of nitrogens with one attached hydrogen (secondary N) is 1. The Morgan fingerprint density at radius 2 is 1.85 bits per heavy atom. The molecule has 1 unspecified atom stereocenters. The molecule has 1 aromatic rings. The zero-order valence-corrected chi connectivity index (χ0v) is 12.3. The number of benzene rings is 1. The van der Waals surface area contributed by atoms with Gasteiger partial charge in [0.15, 0.2) is 0 Å². The summed E-state index contributed by atoms with van der Waals surface area (Å²) in [5.74, 6) is 0.0725. The lowest BCUT2D eigenvalue weighted by atomic mass is 10.1. The van der Waals surface area contributed by atoms with E-state index in [1.165, 1.54) is 31.2 Å². The van der Waals surface area contributed by atoms with Gasteiger partial charge < -0.3 is 5.32 Å². The molecule has 20 heavy (non-hydrogen) atoms. The van der Waals surface area contributed by atoms with Crippen LogP contribution >= 0.6 is 0 Å². The predicted octanol–water partition coefficient (Wildman–Crippen LogP) is 2.74. The summed E-state index contributed by atoms with van der Waals surface area (Å²) in [5.41, 5.74) is 1.96. The van der Waals surface area contributed by atoms with Gasteiger partial charge in [-0.05, 0) is 38.3 Å². The van der Waals surface area contributed by atoms with E-state index < -0.39 is 0 Å². The fraction of sp³-hybridized carbons (Fsp3) is 0.588. The SMILES string of the molecule is Cc1ccc(C(=O)NC2CCN(C3CCCC3)C2)cc1. The van der Waals surface area contributed by atoms with E-state index in [-0.39, 0.29) is 5.91 Å². The lowest BCUT2D eigenvalue weighted by Crippen LogP contribution is -2.39. The lowest BCUT2D eigenvalue weighted by Gasteiger charge is -2.23. The highest BCUT2D eigenvalue weighted by Crippen LogP contribution is 2.26. The summed E-state index contributed by atoms with van der Waals surface area (Å²) >= 11 is 0. The fourth-order valence-electron chi connectivity index (χ4n) is 3.48. The zero-order valence-electron chi connectivity index (χ0n) is 12.3. The Bertz CT molecular complexity index is 462. The summed E-state index contributed by atoms with van der Waals surface area (Å²) in [6.45, 7) is 4.21. The Balaban J connectivity index is 1.53. The standard InChI is InChI=1S/C17H24N2O/c1-13-6-8-14(9-7-13)17(20)18-15-10-11-19(12-15)16-4-2-3-5-16/h6-9,15-16H,2-5,10-12H2,1H3,(H,18,20). The van der Waals surface area contributed by atoms with Gasteiger partial charge in [0.2, 0.25) is 0 Å². The molecule has 0 bridgehead atoms. The van der Waals surface area contributed by atoms with Crippen molar-refractivity contribution in [3.05, 3.63) is 35.4 Å². The van der Waals surface area contributed by atoms with Gasteiger partial charge in [0.05, 0.1) is 0 Å². The summed E-state index contributed by atoms with van der Waals surface area (Å²) < 4.78 is 0. The van der Waals surface area contributed by atoms with Crippen molar-refractivity contribution in [1.82, 2.24) is 10.2 Å². The largest absolute Gasteiger partial charge is 0.348 e. The van der Waals surface area contributed by atoms with Crippen LogP contribution in [0.5, 0.6) is 0 Å². The third-order valence-corrected chi connectivity index (χ3v) is 4.71. The van der Waals surface area contributed by atoms with E-state index in [9.17, 15) is 4.79 Å². The van der Waals surface area contributed by atoms with Crippen LogP contribution in [0.2, 0.25) is 0 Å². The number of carbonyl (C=O) groups excluding carboxylic acids is 1. The van der Waals surface area contributed by atoms with E-state index in [1.807, 2.05) is 31.2 Å². The molecule has 108 valence electrons. The van der Waals surface area contributed by atoms with Crippen LogP contribution in [-0.2, 0) is 0 Å². The van der Waals surface area contributed by atoms with Crippen LogP contribution in [0.1, 0.15) is 48.0 Å². The molecule has 1 saturated carbocycles. The first-order chi connectivity index (χ1) is 9.72. The summed E-state index contributed by atoms with van der Waals surface area (Å²) in [4.78, 5) is 14.8. The Morgan fingerprint density at radius 1 is 1.15 bits per heavy atom. The highest BCUT2D eigenvalue weighted by molar-refractivity contribution is 5.94. The van der Waals surface area contributed by atoms with E-state index in [0.29, 0.717) is 6.04 Å². The molecule has 1 aliphatic heterocycles. The second-order valence-corrected chi connectivity index (χ2v) is 6.26. The van der Waals surface area contributed by atoms with Crippen LogP contribution in [0.3, 0.4) is 0 Å². The van der Waals surface area contributed by atoms with E-state index in [4.69, 9.17) is 0 Å². The zero-order chi connectivity index (χ0) is 13.9. The summed E-state index contributed by atoms with van der Waals surface area (Å²) in [5, 5.41) is 3.19. The van der Waals surface area contributed by atoms with Crippen molar-refractivity contribution in [2.75, 3.05) is 13.1 Å². The molecule has 2 fully saturated rings. The number of aryl methyl sites for hydroxylation is 1. The second-order valence-electron chi connectivity index (χ2n) is 6.26. The molecule has 2 aliphatic rings. The molecule has 1 aliphatic carbocycles. The summed E-state index contributed by atoms with van der Waals surface area (Å²) in [6.07, 6.45) is 6.54. The summed E-state index contributed by atoms with van der Waals surface area (Å²) in [6, 6.07) is 8.91. The van der Waals surface area contributed by atoms with Gasteiger partial charge in [-0.2, -0.15) is 0 Å². The molecule has 0 spiro atoms. The second kappa shape index (κ2) is 5.96. The highest BCUT2D eigenvalue weighted by atomic mass is 16.1. The Labute approximate surface area is 121 Å². The van der Waals surface area contributed by atoms with Crippen molar-refractivity contribution in [2.45, 2.75) is 51.1 Å². The minimum atomic E-state index is 0.0725. The van der Waals surface area contributed by atoms with Crippen molar-refractivity contribution in [2.24, 2.45) is 0 Å². The van der Waals surface area contributed by atoms with Crippen LogP contribution in [0.25, 0.3) is 0 Å². The van der Waals surface area contributed by atoms with Crippen molar-refractivity contribution in [3.63, 3.8) is 0 Å². The van der Waals surface area contributed by atoms with E-state index in [2.05, 4.69) is 10.2 Å². The minimum absolute atomic E-state index is 0.0725. The molecule has 1 atom stereocenters. The number of hydrogen-bond acceptors (Lipinski definition) is 2. The highest BCUT2D eigenvalue weighted by Gasteiger charge is 2.30. The lowest BCUT2D eigenvalue weighted by molar-refractivity contribution is 0.0936. The normalized spacial score (nSPS) is 24.1. The average molecular weight is 272 g/mol. The van der Waals surface area contributed by atoms with Crippen LogP contribution < -0.4 is 5.32 Å². The van der Waals surface area contributed by atoms with Gasteiger partial charge in [-0.25, -0.2) is 0 Å². The maximum atomic E-state index is 12.2. The number of nitrogens with zero attached hydrogens (tertiary/aromatic N) is 1. The summed E-state index contributed by atoms with van der Waals surface area (Å²) in [7, 11) is 0. The first-order valence-electron chi connectivity index (χ1n) is 7.84. The van der Waals surface area contributed by atoms with E-state index >= 15 is 0 Å². The third-order valence-electron chi connectivity index (χ3n) is 4.71. The van der Waals surface area contributed by atoms with Gasteiger partial charge in [0.25, 0.3) is 5.91 Å². The molecule has 3 heteroatoms. The number of likely N-dealkylation sites (tertiary alicyclic amines) is 1. The van der Waals surface area contributed by atoms with Crippen LogP contribution in [-0.4, -0.2) is 36.0 Å². The fourth-order valence-corrected chi connectivity index (χ4v) is 3.48. The maximum absolute atomic E-state index is 12.2. The molecular weight excluding hydrogens is 248 g/mol. The number of amides is 1. The molecule has 1 heterocycles. The van der Waals surface area contributed by atoms with Gasteiger partial charge in [0.1, 0.15) is 0 Å². The van der Waals surface area contributed by atoms with Crippen LogP contribution in [0, 0.1) is 6.92 Å². The molecule has 3 nitrogen and oxygen atoms in total. The third kappa shape index (κ3) is 3.04.